The fraction of sp³-hybridized carbons (Fsp3) is 0.121. The van der Waals surface area contributed by atoms with Crippen LogP contribution in [-0.4, -0.2) is 35.8 Å². The summed E-state index contributed by atoms with van der Waals surface area (Å²) in [5.41, 5.74) is 4.01. The van der Waals surface area contributed by atoms with Gasteiger partial charge in [0.2, 0.25) is 0 Å². The van der Waals surface area contributed by atoms with Crippen molar-refractivity contribution in [1.29, 1.82) is 0 Å². The van der Waals surface area contributed by atoms with Crippen LogP contribution in [-0.2, 0) is 26.3 Å². The first-order chi connectivity index (χ1) is 21.2. The summed E-state index contributed by atoms with van der Waals surface area (Å²) in [6, 6.07) is 29.2. The van der Waals surface area contributed by atoms with Crippen molar-refractivity contribution in [1.82, 2.24) is 30.0 Å². The van der Waals surface area contributed by atoms with E-state index >= 15 is 0 Å². The number of rotatable bonds is 13. The Kier molecular flexibility index (Phi) is 8.76. The molecule has 0 radical (unpaired) electrons. The van der Waals surface area contributed by atoms with Crippen LogP contribution < -0.4 is 9.47 Å². The molecule has 9 nitrogen and oxygen atoms in total. The molecule has 0 atom stereocenters. The molecule has 0 saturated carbocycles. The van der Waals surface area contributed by atoms with Gasteiger partial charge in [-0.05, 0) is 46.9 Å². The Bertz CT molecular complexity index is 1800. The van der Waals surface area contributed by atoms with Crippen LogP contribution in [0, 0.1) is 0 Å². The lowest BCUT2D eigenvalue weighted by Crippen LogP contribution is -2.04. The molecule has 3 heterocycles. The maximum Gasteiger partial charge on any atom is 0.189 e. The van der Waals surface area contributed by atoms with Crippen molar-refractivity contribution in [3.63, 3.8) is 0 Å². The van der Waals surface area contributed by atoms with Gasteiger partial charge in [-0.1, -0.05) is 77.2 Å². The number of ketones is 1. The molecule has 0 aliphatic carbocycles. The van der Waals surface area contributed by atoms with Gasteiger partial charge >= 0.3 is 0 Å². The highest BCUT2D eigenvalue weighted by Gasteiger charge is 2.14. The van der Waals surface area contributed by atoms with Crippen molar-refractivity contribution in [2.75, 3.05) is 0 Å². The molecular weight excluding hydrogens is 560 g/mol. The molecule has 0 N–H and O–H groups in total. The number of carbonyl (C=O) groups is 1. The van der Waals surface area contributed by atoms with Crippen molar-refractivity contribution < 1.29 is 14.3 Å². The minimum atomic E-state index is -0.175. The van der Waals surface area contributed by atoms with Crippen LogP contribution >= 0.6 is 11.3 Å². The Morgan fingerprint density at radius 1 is 0.744 bits per heavy atom. The minimum absolute atomic E-state index is 0.140. The first kappa shape index (κ1) is 27.8. The van der Waals surface area contributed by atoms with E-state index in [-0.39, 0.29) is 19.0 Å². The Labute approximate surface area is 252 Å². The Hall–Kier alpha value is -5.35. The van der Waals surface area contributed by atoms with Crippen molar-refractivity contribution >= 4 is 23.2 Å². The van der Waals surface area contributed by atoms with Crippen molar-refractivity contribution in [2.24, 2.45) is 0 Å². The zero-order valence-corrected chi connectivity index (χ0v) is 24.0. The first-order valence-corrected chi connectivity index (χ1v) is 14.6. The normalized spacial score (nSPS) is 11.2. The number of allylic oxidation sites excluding steroid dienone is 1. The third-order valence-corrected chi connectivity index (χ3v) is 7.31. The quantitative estimate of drug-likeness (QED) is 0.119. The largest absolute Gasteiger partial charge is 0.487 e. The number of ether oxygens (including phenoxy) is 2. The van der Waals surface area contributed by atoms with E-state index < -0.39 is 0 Å². The van der Waals surface area contributed by atoms with Crippen LogP contribution in [0.1, 0.15) is 37.7 Å². The Balaban J connectivity index is 1.15. The van der Waals surface area contributed by atoms with Crippen LogP contribution in [0.3, 0.4) is 0 Å². The molecular formula is C33H28N6O3S. The third kappa shape index (κ3) is 7.69. The van der Waals surface area contributed by atoms with Gasteiger partial charge in [0.05, 0.1) is 31.0 Å². The van der Waals surface area contributed by atoms with E-state index in [2.05, 4.69) is 20.6 Å². The van der Waals surface area contributed by atoms with Gasteiger partial charge in [0, 0.05) is 10.9 Å². The number of nitrogens with zero attached hydrogens (tertiary/aromatic N) is 6. The molecule has 43 heavy (non-hydrogen) atoms. The molecule has 6 rings (SSSR count). The van der Waals surface area contributed by atoms with Gasteiger partial charge in [-0.2, -0.15) is 0 Å². The fourth-order valence-corrected chi connectivity index (χ4v) is 4.98. The molecule has 214 valence electrons. The van der Waals surface area contributed by atoms with Gasteiger partial charge in [-0.25, -0.2) is 9.36 Å². The van der Waals surface area contributed by atoms with Crippen LogP contribution in [0.5, 0.6) is 11.5 Å². The summed E-state index contributed by atoms with van der Waals surface area (Å²) < 4.78 is 15.7. The summed E-state index contributed by atoms with van der Waals surface area (Å²) in [5, 5.41) is 18.9. The van der Waals surface area contributed by atoms with Gasteiger partial charge in [0.25, 0.3) is 0 Å². The summed E-state index contributed by atoms with van der Waals surface area (Å²) >= 11 is 1.56. The summed E-state index contributed by atoms with van der Waals surface area (Å²) in [6.07, 6.45) is 7.05. The zero-order valence-electron chi connectivity index (χ0n) is 23.2. The van der Waals surface area contributed by atoms with E-state index in [1.54, 1.807) is 51.1 Å². The maximum atomic E-state index is 13.2. The Morgan fingerprint density at radius 2 is 1.37 bits per heavy atom. The molecule has 3 aromatic carbocycles. The van der Waals surface area contributed by atoms with Crippen LogP contribution in [0.4, 0.5) is 0 Å². The van der Waals surface area contributed by atoms with Crippen molar-refractivity contribution in [2.45, 2.75) is 26.3 Å². The van der Waals surface area contributed by atoms with Gasteiger partial charge < -0.3 is 9.47 Å². The SMILES string of the molecule is O=C(/C=C/c1cccs1)c1ccc(OCc2cn(Cc3ccccc3)nn2)cc1OCc1cn(Cc2ccccc2)nn1. The monoisotopic (exact) mass is 588 g/mol. The number of carbonyl (C=O) groups excluding carboxylic acids is 1. The van der Waals surface area contributed by atoms with E-state index in [4.69, 9.17) is 9.47 Å². The average molecular weight is 589 g/mol. The topological polar surface area (TPSA) is 97.0 Å². The molecule has 0 spiro atoms. The minimum Gasteiger partial charge on any atom is -0.487 e. The molecule has 0 unspecified atom stereocenters. The molecule has 3 aromatic heterocycles. The number of aromatic nitrogens is 6. The molecule has 0 amide bonds. The van der Waals surface area contributed by atoms with Gasteiger partial charge in [-0.15, -0.1) is 21.5 Å². The number of hydrogen-bond acceptors (Lipinski definition) is 8. The summed E-state index contributed by atoms with van der Waals surface area (Å²) in [4.78, 5) is 14.2. The highest BCUT2D eigenvalue weighted by Crippen LogP contribution is 2.27. The molecule has 0 aliphatic heterocycles. The van der Waals surface area contributed by atoms with E-state index in [9.17, 15) is 4.79 Å². The highest BCUT2D eigenvalue weighted by molar-refractivity contribution is 7.10. The van der Waals surface area contributed by atoms with Gasteiger partial charge in [0.15, 0.2) is 5.78 Å². The second-order valence-corrected chi connectivity index (χ2v) is 10.7. The van der Waals surface area contributed by atoms with Gasteiger partial charge in [-0.3, -0.25) is 4.79 Å². The van der Waals surface area contributed by atoms with Gasteiger partial charge in [0.1, 0.15) is 36.1 Å². The first-order valence-electron chi connectivity index (χ1n) is 13.7. The smallest absolute Gasteiger partial charge is 0.189 e. The average Bonchev–Trinajstić information content (AvgIpc) is 3.82. The van der Waals surface area contributed by atoms with E-state index in [0.717, 1.165) is 16.0 Å². The summed E-state index contributed by atoms with van der Waals surface area (Å²) in [6.45, 7) is 1.58. The highest BCUT2D eigenvalue weighted by atomic mass is 32.1. The predicted molar refractivity (Wildman–Crippen MR) is 164 cm³/mol. The predicted octanol–water partition coefficient (Wildman–Crippen LogP) is 6.08. The summed E-state index contributed by atoms with van der Waals surface area (Å²) in [5.74, 6) is 0.759. The van der Waals surface area contributed by atoms with Crippen LogP contribution in [0.15, 0.2) is 115 Å². The molecule has 0 saturated heterocycles. The van der Waals surface area contributed by atoms with E-state index in [1.807, 2.05) is 90.6 Å². The molecule has 6 aromatic rings. The van der Waals surface area contributed by atoms with Crippen LogP contribution in [0.25, 0.3) is 6.08 Å². The molecule has 0 bridgehead atoms. The fourth-order valence-electron chi connectivity index (χ4n) is 4.36. The Morgan fingerprint density at radius 3 is 1.98 bits per heavy atom. The maximum absolute atomic E-state index is 13.2. The third-order valence-electron chi connectivity index (χ3n) is 6.47. The standard InChI is InChI=1S/C33H28N6O3S/c40-32(16-14-30-12-7-17-43-30)31-15-13-29(41-23-27-21-38(36-34-27)19-25-8-3-1-4-9-25)18-33(31)42-24-28-22-39(37-35-28)20-26-10-5-2-6-11-26/h1-18,21-22H,19-20,23-24H2/b16-14+. The second-order valence-electron chi connectivity index (χ2n) is 9.73. The lowest BCUT2D eigenvalue weighted by molar-refractivity contribution is 0.104. The number of thiophene rings is 1. The number of benzene rings is 3. The lowest BCUT2D eigenvalue weighted by atomic mass is 10.1. The van der Waals surface area contributed by atoms with Crippen molar-refractivity contribution in [3.8, 4) is 11.5 Å². The zero-order chi connectivity index (χ0) is 29.3. The van der Waals surface area contributed by atoms with Crippen molar-refractivity contribution in [3.05, 3.63) is 148 Å². The molecule has 0 aliphatic rings. The molecule has 0 fully saturated rings. The van der Waals surface area contributed by atoms with Crippen LogP contribution in [0.2, 0.25) is 0 Å². The summed E-state index contributed by atoms with van der Waals surface area (Å²) in [7, 11) is 0. The second kappa shape index (κ2) is 13.5. The van der Waals surface area contributed by atoms with E-state index in [0.29, 0.717) is 41.5 Å². The molecule has 10 heteroatoms. The number of hydrogen-bond donors (Lipinski definition) is 0. The lowest BCUT2D eigenvalue weighted by Gasteiger charge is -2.12. The van der Waals surface area contributed by atoms with E-state index in [1.165, 1.54) is 0 Å².